The van der Waals surface area contributed by atoms with Crippen molar-refractivity contribution in [2.75, 3.05) is 39.4 Å². The van der Waals surface area contributed by atoms with Gasteiger partial charge in [-0.3, -0.25) is 4.79 Å². The summed E-state index contributed by atoms with van der Waals surface area (Å²) >= 11 is 0. The number of hydrogen-bond donors (Lipinski definition) is 1. The zero-order valence-corrected chi connectivity index (χ0v) is 14.0. The molecule has 0 spiro atoms. The summed E-state index contributed by atoms with van der Waals surface area (Å²) in [6, 6.07) is 5.15. The van der Waals surface area contributed by atoms with Crippen LogP contribution in [0.5, 0.6) is 11.5 Å². The summed E-state index contributed by atoms with van der Waals surface area (Å²) in [7, 11) is 4.74. The van der Waals surface area contributed by atoms with Gasteiger partial charge in [-0.2, -0.15) is 0 Å². The SMILES string of the molecule is COCCN(C(=O)C(C)C(C)N)c1ccc(OC)c(OC)c1. The molecular formula is C16H26N2O4. The number of carbonyl (C=O) groups is 1. The third-order valence-electron chi connectivity index (χ3n) is 3.64. The van der Waals surface area contributed by atoms with Crippen LogP contribution < -0.4 is 20.1 Å². The maximum absolute atomic E-state index is 12.7. The number of anilines is 1. The summed E-state index contributed by atoms with van der Waals surface area (Å²) in [4.78, 5) is 14.3. The van der Waals surface area contributed by atoms with Crippen molar-refractivity contribution in [1.82, 2.24) is 0 Å². The first-order valence-electron chi connectivity index (χ1n) is 7.24. The minimum atomic E-state index is -0.287. The van der Waals surface area contributed by atoms with Crippen LogP contribution in [0.25, 0.3) is 0 Å². The van der Waals surface area contributed by atoms with Crippen LogP contribution in [0.4, 0.5) is 5.69 Å². The van der Waals surface area contributed by atoms with Crippen LogP contribution in [0.3, 0.4) is 0 Å². The van der Waals surface area contributed by atoms with Gasteiger partial charge in [0, 0.05) is 31.5 Å². The van der Waals surface area contributed by atoms with Gasteiger partial charge in [0.05, 0.1) is 26.7 Å². The standard InChI is InChI=1S/C16H26N2O4/c1-11(12(2)17)16(19)18(8-9-20-3)13-6-7-14(21-4)15(10-13)22-5/h6-7,10-12H,8-9,17H2,1-5H3. The number of methoxy groups -OCH3 is 3. The molecule has 1 aromatic rings. The molecular weight excluding hydrogens is 284 g/mol. The van der Waals surface area contributed by atoms with Gasteiger partial charge in [0.1, 0.15) is 0 Å². The number of nitrogens with two attached hydrogens (primary N) is 1. The lowest BCUT2D eigenvalue weighted by Crippen LogP contribution is -2.43. The minimum Gasteiger partial charge on any atom is -0.493 e. The molecule has 2 unspecified atom stereocenters. The van der Waals surface area contributed by atoms with Gasteiger partial charge in [-0.25, -0.2) is 0 Å². The zero-order valence-electron chi connectivity index (χ0n) is 14.0. The van der Waals surface area contributed by atoms with Gasteiger partial charge in [0.2, 0.25) is 5.91 Å². The molecule has 0 radical (unpaired) electrons. The molecule has 0 heterocycles. The predicted octanol–water partition coefficient (Wildman–Crippen LogP) is 1.67. The highest BCUT2D eigenvalue weighted by atomic mass is 16.5. The van der Waals surface area contributed by atoms with Crippen LogP contribution in [-0.2, 0) is 9.53 Å². The van der Waals surface area contributed by atoms with Crippen molar-refractivity contribution in [2.24, 2.45) is 11.7 Å². The molecule has 2 N–H and O–H groups in total. The second-order valence-corrected chi connectivity index (χ2v) is 5.17. The highest BCUT2D eigenvalue weighted by Gasteiger charge is 2.25. The molecule has 124 valence electrons. The normalized spacial score (nSPS) is 13.4. The highest BCUT2D eigenvalue weighted by Crippen LogP contribution is 2.32. The van der Waals surface area contributed by atoms with Gasteiger partial charge in [0.15, 0.2) is 11.5 Å². The van der Waals surface area contributed by atoms with E-state index in [2.05, 4.69) is 0 Å². The molecule has 1 aromatic carbocycles. The topological polar surface area (TPSA) is 74.0 Å². The highest BCUT2D eigenvalue weighted by molar-refractivity contribution is 5.95. The Bertz CT molecular complexity index is 491. The monoisotopic (exact) mass is 310 g/mol. The fourth-order valence-electron chi connectivity index (χ4n) is 2.01. The van der Waals surface area contributed by atoms with Gasteiger partial charge in [-0.1, -0.05) is 6.92 Å². The maximum atomic E-state index is 12.7. The van der Waals surface area contributed by atoms with E-state index in [0.29, 0.717) is 24.7 Å². The number of amides is 1. The molecule has 6 nitrogen and oxygen atoms in total. The largest absolute Gasteiger partial charge is 0.493 e. The van der Waals surface area contributed by atoms with Crippen molar-refractivity contribution in [2.45, 2.75) is 19.9 Å². The Morgan fingerprint density at radius 3 is 2.32 bits per heavy atom. The second-order valence-electron chi connectivity index (χ2n) is 5.17. The summed E-state index contributed by atoms with van der Waals surface area (Å²) in [5.41, 5.74) is 6.59. The van der Waals surface area contributed by atoms with Gasteiger partial charge < -0.3 is 24.8 Å². The number of benzene rings is 1. The Morgan fingerprint density at radius 1 is 1.18 bits per heavy atom. The van der Waals surface area contributed by atoms with Gasteiger partial charge >= 0.3 is 0 Å². The van der Waals surface area contributed by atoms with E-state index in [1.165, 1.54) is 0 Å². The van der Waals surface area contributed by atoms with E-state index in [-0.39, 0.29) is 17.9 Å². The van der Waals surface area contributed by atoms with E-state index in [4.69, 9.17) is 19.9 Å². The molecule has 0 aliphatic rings. The van der Waals surface area contributed by atoms with E-state index in [0.717, 1.165) is 5.69 Å². The zero-order chi connectivity index (χ0) is 16.7. The van der Waals surface area contributed by atoms with Crippen LogP contribution >= 0.6 is 0 Å². The van der Waals surface area contributed by atoms with E-state index >= 15 is 0 Å². The minimum absolute atomic E-state index is 0.0423. The van der Waals surface area contributed by atoms with Crippen molar-refractivity contribution >= 4 is 11.6 Å². The molecule has 22 heavy (non-hydrogen) atoms. The molecule has 0 aromatic heterocycles. The van der Waals surface area contributed by atoms with Crippen molar-refractivity contribution in [1.29, 1.82) is 0 Å². The quantitative estimate of drug-likeness (QED) is 0.790. The fraction of sp³-hybridized carbons (Fsp3) is 0.562. The van der Waals surface area contributed by atoms with E-state index in [1.54, 1.807) is 38.4 Å². The molecule has 1 amide bonds. The molecule has 0 saturated heterocycles. The molecule has 0 fully saturated rings. The lowest BCUT2D eigenvalue weighted by atomic mass is 10.0. The van der Waals surface area contributed by atoms with Crippen LogP contribution in [-0.4, -0.2) is 46.4 Å². The van der Waals surface area contributed by atoms with E-state index in [1.807, 2.05) is 19.9 Å². The third kappa shape index (κ3) is 4.35. The molecule has 1 rings (SSSR count). The Morgan fingerprint density at radius 2 is 1.82 bits per heavy atom. The third-order valence-corrected chi connectivity index (χ3v) is 3.64. The average molecular weight is 310 g/mol. The predicted molar refractivity (Wildman–Crippen MR) is 86.6 cm³/mol. The molecule has 0 aliphatic carbocycles. The van der Waals surface area contributed by atoms with Crippen LogP contribution in [0, 0.1) is 5.92 Å². The molecule has 2 atom stereocenters. The number of ether oxygens (including phenoxy) is 3. The summed E-state index contributed by atoms with van der Waals surface area (Å²) in [5, 5.41) is 0. The Balaban J connectivity index is 3.13. The van der Waals surface area contributed by atoms with Crippen LogP contribution in [0.2, 0.25) is 0 Å². The smallest absolute Gasteiger partial charge is 0.231 e. The Kier molecular flexibility index (Phi) is 7.14. The number of nitrogens with zero attached hydrogens (tertiary/aromatic N) is 1. The molecule has 6 heteroatoms. The molecule has 0 saturated carbocycles. The fourth-order valence-corrected chi connectivity index (χ4v) is 2.01. The van der Waals surface area contributed by atoms with Crippen molar-refractivity contribution < 1.29 is 19.0 Å². The van der Waals surface area contributed by atoms with Gasteiger partial charge in [0.25, 0.3) is 0 Å². The average Bonchev–Trinajstić information content (AvgIpc) is 2.53. The Labute approximate surface area is 132 Å². The molecule has 0 aliphatic heterocycles. The number of carbonyl (C=O) groups excluding carboxylic acids is 1. The summed E-state index contributed by atoms with van der Waals surface area (Å²) < 4.78 is 15.6. The number of rotatable bonds is 8. The lowest BCUT2D eigenvalue weighted by Gasteiger charge is -2.27. The van der Waals surface area contributed by atoms with Crippen LogP contribution in [0.15, 0.2) is 18.2 Å². The second kappa shape index (κ2) is 8.60. The summed E-state index contributed by atoms with van der Waals surface area (Å²) in [6.07, 6.45) is 0. The molecule has 0 bridgehead atoms. The summed E-state index contributed by atoms with van der Waals surface area (Å²) in [6.45, 7) is 4.53. The first-order valence-corrected chi connectivity index (χ1v) is 7.24. The van der Waals surface area contributed by atoms with Gasteiger partial charge in [-0.05, 0) is 19.1 Å². The van der Waals surface area contributed by atoms with Crippen molar-refractivity contribution in [3.05, 3.63) is 18.2 Å². The first kappa shape index (κ1) is 18.3. The maximum Gasteiger partial charge on any atom is 0.231 e. The van der Waals surface area contributed by atoms with Crippen molar-refractivity contribution in [3.63, 3.8) is 0 Å². The lowest BCUT2D eigenvalue weighted by molar-refractivity contribution is -0.122. The van der Waals surface area contributed by atoms with Crippen molar-refractivity contribution in [3.8, 4) is 11.5 Å². The number of hydrogen-bond acceptors (Lipinski definition) is 5. The van der Waals surface area contributed by atoms with E-state index in [9.17, 15) is 4.79 Å². The van der Waals surface area contributed by atoms with Crippen LogP contribution in [0.1, 0.15) is 13.8 Å². The first-order chi connectivity index (χ1) is 10.5. The summed E-state index contributed by atoms with van der Waals surface area (Å²) in [5.74, 6) is 0.860. The van der Waals surface area contributed by atoms with E-state index < -0.39 is 0 Å². The van der Waals surface area contributed by atoms with Gasteiger partial charge in [-0.15, -0.1) is 0 Å². The Hall–Kier alpha value is -1.79.